The number of nitro groups is 1. The van der Waals surface area contributed by atoms with E-state index in [4.69, 9.17) is 11.6 Å². The molecule has 0 fully saturated rings. The molecule has 2 aromatic rings. The van der Waals surface area contributed by atoms with Crippen LogP contribution in [-0.4, -0.2) is 17.0 Å². The van der Waals surface area contributed by atoms with Crippen LogP contribution in [0.5, 0.6) is 0 Å². The lowest BCUT2D eigenvalue weighted by Gasteiger charge is -2.05. The number of hydrogen-bond donors (Lipinski definition) is 0. The fourth-order valence-corrected chi connectivity index (χ4v) is 2.06. The van der Waals surface area contributed by atoms with Gasteiger partial charge < -0.3 is 0 Å². The van der Waals surface area contributed by atoms with Crippen LogP contribution in [-0.2, 0) is 0 Å². The zero-order valence-corrected chi connectivity index (χ0v) is 10.8. The molecule has 5 nitrogen and oxygen atoms in total. The van der Waals surface area contributed by atoms with Gasteiger partial charge >= 0.3 is 0 Å². The van der Waals surface area contributed by atoms with E-state index < -0.39 is 16.4 Å². The summed E-state index contributed by atoms with van der Waals surface area (Å²) in [4.78, 5) is 33.6. The Morgan fingerprint density at radius 3 is 2.35 bits per heavy atom. The molecule has 0 heterocycles. The Balaban J connectivity index is 2.64. The zero-order chi connectivity index (χ0) is 14.7. The fourth-order valence-electron chi connectivity index (χ4n) is 1.83. The molecule has 0 atom stereocenters. The van der Waals surface area contributed by atoms with Crippen molar-refractivity contribution in [3.05, 3.63) is 74.3 Å². The maximum atomic E-state index is 12.4. The van der Waals surface area contributed by atoms with Gasteiger partial charge in [-0.15, -0.1) is 0 Å². The predicted molar refractivity (Wildman–Crippen MR) is 73.4 cm³/mol. The largest absolute Gasteiger partial charge is 0.298 e. The van der Waals surface area contributed by atoms with Gasteiger partial charge in [0.15, 0.2) is 6.29 Å². The van der Waals surface area contributed by atoms with E-state index >= 15 is 0 Å². The van der Waals surface area contributed by atoms with Crippen molar-refractivity contribution in [1.29, 1.82) is 0 Å². The first kappa shape index (κ1) is 13.9. The summed E-state index contributed by atoms with van der Waals surface area (Å²) in [5.74, 6) is -0.592. The molecule has 6 heteroatoms. The SMILES string of the molecule is O=Cc1cccc(C(=O)c2ccccc2Cl)c1[N+](=O)[O-]. The normalized spacial score (nSPS) is 10.1. The van der Waals surface area contributed by atoms with Crippen molar-refractivity contribution in [2.45, 2.75) is 0 Å². The number of carbonyl (C=O) groups excluding carboxylic acids is 2. The highest BCUT2D eigenvalue weighted by Gasteiger charge is 2.25. The third-order valence-corrected chi connectivity index (χ3v) is 3.07. The van der Waals surface area contributed by atoms with Crippen molar-refractivity contribution in [3.8, 4) is 0 Å². The lowest BCUT2D eigenvalue weighted by atomic mass is 9.99. The molecule has 0 aromatic heterocycles. The lowest BCUT2D eigenvalue weighted by molar-refractivity contribution is -0.385. The number of nitro benzene ring substituents is 1. The van der Waals surface area contributed by atoms with Crippen molar-refractivity contribution in [2.24, 2.45) is 0 Å². The summed E-state index contributed by atoms with van der Waals surface area (Å²) in [6.45, 7) is 0. The number of rotatable bonds is 4. The average Bonchev–Trinajstić information content (AvgIpc) is 2.46. The third kappa shape index (κ3) is 2.44. The van der Waals surface area contributed by atoms with Crippen molar-refractivity contribution in [2.75, 3.05) is 0 Å². The number of para-hydroxylation sites is 1. The molecule has 20 heavy (non-hydrogen) atoms. The van der Waals surface area contributed by atoms with E-state index in [2.05, 4.69) is 0 Å². The maximum Gasteiger partial charge on any atom is 0.291 e. The number of nitrogens with zero attached hydrogens (tertiary/aromatic N) is 1. The van der Waals surface area contributed by atoms with Gasteiger partial charge in [-0.05, 0) is 24.3 Å². The van der Waals surface area contributed by atoms with Crippen molar-refractivity contribution in [1.82, 2.24) is 0 Å². The van der Waals surface area contributed by atoms with E-state index in [0.29, 0.717) is 6.29 Å². The van der Waals surface area contributed by atoms with Crippen molar-refractivity contribution < 1.29 is 14.5 Å². The van der Waals surface area contributed by atoms with Crippen molar-refractivity contribution >= 4 is 29.4 Å². The van der Waals surface area contributed by atoms with Crippen LogP contribution in [0.2, 0.25) is 5.02 Å². The number of halogens is 1. The molecule has 0 amide bonds. The Hall–Kier alpha value is -2.53. The molecular formula is C14H8ClNO4. The summed E-state index contributed by atoms with van der Waals surface area (Å²) in [5, 5.41) is 11.3. The molecule has 0 saturated carbocycles. The summed E-state index contributed by atoms with van der Waals surface area (Å²) in [5.41, 5.74) is -0.659. The third-order valence-electron chi connectivity index (χ3n) is 2.74. The molecule has 0 spiro atoms. The molecule has 0 aliphatic rings. The summed E-state index contributed by atoms with van der Waals surface area (Å²) in [6, 6.07) is 10.3. The average molecular weight is 290 g/mol. The molecule has 0 saturated heterocycles. The topological polar surface area (TPSA) is 77.3 Å². The monoisotopic (exact) mass is 289 g/mol. The quantitative estimate of drug-likeness (QED) is 0.374. The van der Waals surface area contributed by atoms with Gasteiger partial charge in [0.05, 0.1) is 15.5 Å². The van der Waals surface area contributed by atoms with Gasteiger partial charge in [-0.3, -0.25) is 19.7 Å². The Morgan fingerprint density at radius 2 is 1.75 bits per heavy atom. The molecule has 2 rings (SSSR count). The second-order valence-corrected chi connectivity index (χ2v) is 4.33. The standard InChI is InChI=1S/C14H8ClNO4/c15-12-7-2-1-5-10(12)14(18)11-6-3-4-9(8-17)13(11)16(19)20/h1-8H. The minimum atomic E-state index is -0.742. The van der Waals surface area contributed by atoms with E-state index in [1.165, 1.54) is 30.3 Å². The van der Waals surface area contributed by atoms with E-state index in [9.17, 15) is 19.7 Å². The minimum Gasteiger partial charge on any atom is -0.298 e. The van der Waals surface area contributed by atoms with Crippen molar-refractivity contribution in [3.63, 3.8) is 0 Å². The van der Waals surface area contributed by atoms with Gasteiger partial charge in [0.2, 0.25) is 5.78 Å². The molecule has 2 aromatic carbocycles. The minimum absolute atomic E-state index is 0.145. The highest BCUT2D eigenvalue weighted by atomic mass is 35.5. The lowest BCUT2D eigenvalue weighted by Crippen LogP contribution is -2.08. The second-order valence-electron chi connectivity index (χ2n) is 3.93. The van der Waals surface area contributed by atoms with Crippen LogP contribution in [0.1, 0.15) is 26.3 Å². The van der Waals surface area contributed by atoms with Crippen LogP contribution in [0, 0.1) is 10.1 Å². The van der Waals surface area contributed by atoms with Crippen LogP contribution in [0.3, 0.4) is 0 Å². The first-order chi connectivity index (χ1) is 9.56. The molecule has 0 unspecified atom stereocenters. The van der Waals surface area contributed by atoms with Crippen LogP contribution in [0.4, 0.5) is 5.69 Å². The smallest absolute Gasteiger partial charge is 0.291 e. The number of aldehydes is 1. The summed E-state index contributed by atoms with van der Waals surface area (Å²) < 4.78 is 0. The van der Waals surface area contributed by atoms with Crippen LogP contribution in [0.15, 0.2) is 42.5 Å². The molecule has 0 aliphatic heterocycles. The fraction of sp³-hybridized carbons (Fsp3) is 0. The number of hydrogen-bond acceptors (Lipinski definition) is 4. The Kier molecular flexibility index (Phi) is 3.91. The van der Waals surface area contributed by atoms with E-state index in [1.54, 1.807) is 12.1 Å². The molecular weight excluding hydrogens is 282 g/mol. The number of carbonyl (C=O) groups is 2. The summed E-state index contributed by atoms with van der Waals surface area (Å²) >= 11 is 5.91. The Morgan fingerprint density at radius 1 is 1.10 bits per heavy atom. The highest BCUT2D eigenvalue weighted by molar-refractivity contribution is 6.35. The van der Waals surface area contributed by atoms with Gasteiger partial charge in [0.25, 0.3) is 5.69 Å². The Labute approximate surface area is 118 Å². The number of benzene rings is 2. The highest BCUT2D eigenvalue weighted by Crippen LogP contribution is 2.27. The van der Waals surface area contributed by atoms with Gasteiger partial charge in [-0.1, -0.05) is 29.8 Å². The van der Waals surface area contributed by atoms with Crippen LogP contribution < -0.4 is 0 Å². The Bertz CT molecular complexity index is 712. The number of ketones is 1. The molecule has 0 aliphatic carbocycles. The molecule has 0 N–H and O–H groups in total. The predicted octanol–water partition coefficient (Wildman–Crippen LogP) is 3.29. The van der Waals surface area contributed by atoms with E-state index in [-0.39, 0.29) is 21.7 Å². The first-order valence-corrected chi connectivity index (χ1v) is 5.96. The summed E-state index contributed by atoms with van der Waals surface area (Å²) in [7, 11) is 0. The summed E-state index contributed by atoms with van der Waals surface area (Å²) in [6.07, 6.45) is 0.349. The van der Waals surface area contributed by atoms with Gasteiger partial charge in [-0.25, -0.2) is 0 Å². The maximum absolute atomic E-state index is 12.4. The molecule has 100 valence electrons. The van der Waals surface area contributed by atoms with Gasteiger partial charge in [0.1, 0.15) is 5.56 Å². The molecule has 0 radical (unpaired) electrons. The zero-order valence-electron chi connectivity index (χ0n) is 10.1. The van der Waals surface area contributed by atoms with Gasteiger partial charge in [-0.2, -0.15) is 0 Å². The molecule has 0 bridgehead atoms. The second kappa shape index (κ2) is 5.63. The first-order valence-electron chi connectivity index (χ1n) is 5.58. The van der Waals surface area contributed by atoms with Crippen LogP contribution in [0.25, 0.3) is 0 Å². The van der Waals surface area contributed by atoms with Crippen LogP contribution >= 0.6 is 11.6 Å². The van der Waals surface area contributed by atoms with E-state index in [0.717, 1.165) is 0 Å². The van der Waals surface area contributed by atoms with Gasteiger partial charge in [0, 0.05) is 5.56 Å². The van der Waals surface area contributed by atoms with E-state index in [1.807, 2.05) is 0 Å².